The van der Waals surface area contributed by atoms with Crippen molar-refractivity contribution >= 4 is 5.97 Å². The van der Waals surface area contributed by atoms with Crippen molar-refractivity contribution < 1.29 is 15.0 Å². The summed E-state index contributed by atoms with van der Waals surface area (Å²) >= 11 is 0. The first-order valence-electron chi connectivity index (χ1n) is 4.88. The zero-order chi connectivity index (χ0) is 11.6. The monoisotopic (exact) mass is 208 g/mol. The van der Waals surface area contributed by atoms with Gasteiger partial charge in [-0.15, -0.1) is 0 Å². The molecule has 0 heterocycles. The minimum atomic E-state index is -1.73. The maximum absolute atomic E-state index is 10.9. The average molecular weight is 208 g/mol. The number of rotatable bonds is 3. The van der Waals surface area contributed by atoms with E-state index in [9.17, 15) is 9.90 Å². The number of carboxylic acids is 1. The van der Waals surface area contributed by atoms with Crippen LogP contribution < -0.4 is 0 Å². The molecule has 1 aromatic rings. The highest BCUT2D eigenvalue weighted by Crippen LogP contribution is 2.28. The van der Waals surface area contributed by atoms with E-state index in [1.54, 1.807) is 6.92 Å². The lowest BCUT2D eigenvalue weighted by Crippen LogP contribution is -2.40. The molecule has 0 amide bonds. The molecule has 1 rings (SSSR count). The van der Waals surface area contributed by atoms with Crippen LogP contribution in [0.4, 0.5) is 0 Å². The molecule has 1 aromatic carbocycles. The Kier molecular flexibility index (Phi) is 3.15. The van der Waals surface area contributed by atoms with Crippen LogP contribution in [-0.2, 0) is 4.79 Å². The lowest BCUT2D eigenvalue weighted by atomic mass is 9.85. The van der Waals surface area contributed by atoms with E-state index in [4.69, 9.17) is 5.11 Å². The summed E-state index contributed by atoms with van der Waals surface area (Å²) in [5.74, 6) is -1.63. The molecular weight excluding hydrogens is 192 g/mol. The van der Waals surface area contributed by atoms with E-state index in [-0.39, 0.29) is 0 Å². The van der Waals surface area contributed by atoms with Crippen molar-refractivity contribution in [1.29, 1.82) is 0 Å². The molecule has 3 nitrogen and oxygen atoms in total. The van der Waals surface area contributed by atoms with Crippen molar-refractivity contribution in [2.75, 3.05) is 0 Å². The molecule has 2 atom stereocenters. The van der Waals surface area contributed by atoms with Crippen molar-refractivity contribution in [2.45, 2.75) is 32.3 Å². The van der Waals surface area contributed by atoms with Crippen molar-refractivity contribution in [3.05, 3.63) is 35.4 Å². The first kappa shape index (κ1) is 11.7. The number of aliphatic hydroxyl groups is 1. The standard InChI is InChI=1S/C12H16O3/c1-8-4-6-10(7-5-8)9(2)12(3,15)11(13)14/h4-7,9,15H,1-3H3,(H,13,14). The van der Waals surface area contributed by atoms with Crippen LogP contribution >= 0.6 is 0 Å². The van der Waals surface area contributed by atoms with Gasteiger partial charge in [-0.1, -0.05) is 36.8 Å². The summed E-state index contributed by atoms with van der Waals surface area (Å²) in [7, 11) is 0. The minimum absolute atomic E-state index is 0.435. The Labute approximate surface area is 89.4 Å². The Morgan fingerprint density at radius 1 is 1.33 bits per heavy atom. The van der Waals surface area contributed by atoms with Gasteiger partial charge in [0, 0.05) is 5.92 Å². The molecule has 0 saturated heterocycles. The summed E-state index contributed by atoms with van der Waals surface area (Å²) in [5, 5.41) is 18.7. The average Bonchev–Trinajstić information content (AvgIpc) is 2.17. The topological polar surface area (TPSA) is 57.5 Å². The molecule has 0 aliphatic rings. The number of hydrogen-bond acceptors (Lipinski definition) is 2. The number of aryl methyl sites for hydroxylation is 1. The van der Waals surface area contributed by atoms with Crippen LogP contribution in [0.2, 0.25) is 0 Å². The van der Waals surface area contributed by atoms with Gasteiger partial charge in [0.1, 0.15) is 0 Å². The minimum Gasteiger partial charge on any atom is -0.479 e. The van der Waals surface area contributed by atoms with Gasteiger partial charge >= 0.3 is 5.97 Å². The highest BCUT2D eigenvalue weighted by Gasteiger charge is 2.37. The SMILES string of the molecule is Cc1ccc(C(C)C(C)(O)C(=O)O)cc1. The molecule has 2 unspecified atom stereocenters. The molecule has 0 aliphatic heterocycles. The maximum atomic E-state index is 10.9. The fourth-order valence-electron chi connectivity index (χ4n) is 1.36. The van der Waals surface area contributed by atoms with Gasteiger partial charge in [0.05, 0.1) is 0 Å². The summed E-state index contributed by atoms with van der Waals surface area (Å²) in [4.78, 5) is 10.9. The van der Waals surface area contributed by atoms with Crippen LogP contribution in [-0.4, -0.2) is 21.8 Å². The summed E-state index contributed by atoms with van der Waals surface area (Å²) in [6, 6.07) is 7.50. The summed E-state index contributed by atoms with van der Waals surface area (Å²) in [5.41, 5.74) is 0.212. The number of hydrogen-bond donors (Lipinski definition) is 2. The Hall–Kier alpha value is -1.35. The third kappa shape index (κ3) is 2.36. The molecule has 0 bridgehead atoms. The third-order valence-corrected chi connectivity index (χ3v) is 2.85. The Morgan fingerprint density at radius 2 is 1.80 bits per heavy atom. The zero-order valence-electron chi connectivity index (χ0n) is 9.19. The van der Waals surface area contributed by atoms with Gasteiger partial charge in [-0.2, -0.15) is 0 Å². The fourth-order valence-corrected chi connectivity index (χ4v) is 1.36. The van der Waals surface area contributed by atoms with E-state index >= 15 is 0 Å². The van der Waals surface area contributed by atoms with Gasteiger partial charge in [0.2, 0.25) is 0 Å². The highest BCUT2D eigenvalue weighted by atomic mass is 16.4. The Morgan fingerprint density at radius 3 is 2.20 bits per heavy atom. The molecule has 0 aromatic heterocycles. The molecule has 3 heteroatoms. The van der Waals surface area contributed by atoms with E-state index in [0.29, 0.717) is 0 Å². The van der Waals surface area contributed by atoms with Gasteiger partial charge in [0.25, 0.3) is 0 Å². The number of carboxylic acid groups (broad SMARTS) is 1. The number of benzene rings is 1. The van der Waals surface area contributed by atoms with E-state index in [1.165, 1.54) is 6.92 Å². The van der Waals surface area contributed by atoms with Crippen LogP contribution in [0.25, 0.3) is 0 Å². The van der Waals surface area contributed by atoms with E-state index in [0.717, 1.165) is 11.1 Å². The van der Waals surface area contributed by atoms with Crippen LogP contribution in [0.5, 0.6) is 0 Å². The number of aliphatic carboxylic acids is 1. The van der Waals surface area contributed by atoms with Gasteiger partial charge in [-0.25, -0.2) is 4.79 Å². The zero-order valence-corrected chi connectivity index (χ0v) is 9.19. The van der Waals surface area contributed by atoms with E-state index in [2.05, 4.69) is 0 Å². The van der Waals surface area contributed by atoms with Crippen LogP contribution in [0.15, 0.2) is 24.3 Å². The smallest absolute Gasteiger partial charge is 0.336 e. The van der Waals surface area contributed by atoms with Gasteiger partial charge in [-0.3, -0.25) is 0 Å². The Balaban J connectivity index is 2.99. The van der Waals surface area contributed by atoms with E-state index < -0.39 is 17.5 Å². The van der Waals surface area contributed by atoms with Crippen LogP contribution in [0.3, 0.4) is 0 Å². The number of carbonyl (C=O) groups is 1. The largest absolute Gasteiger partial charge is 0.479 e. The molecular formula is C12H16O3. The summed E-state index contributed by atoms with van der Waals surface area (Å²) in [6.45, 7) is 4.99. The van der Waals surface area contributed by atoms with Gasteiger partial charge in [0.15, 0.2) is 5.60 Å². The normalized spacial score (nSPS) is 16.8. The molecule has 2 N–H and O–H groups in total. The molecule has 0 radical (unpaired) electrons. The predicted molar refractivity (Wildman–Crippen MR) is 57.9 cm³/mol. The first-order chi connectivity index (χ1) is 6.85. The maximum Gasteiger partial charge on any atom is 0.336 e. The first-order valence-corrected chi connectivity index (χ1v) is 4.88. The van der Waals surface area contributed by atoms with Crippen LogP contribution in [0.1, 0.15) is 30.9 Å². The predicted octanol–water partition coefficient (Wildman–Crippen LogP) is 1.93. The van der Waals surface area contributed by atoms with Crippen molar-refractivity contribution in [3.8, 4) is 0 Å². The van der Waals surface area contributed by atoms with Crippen molar-refractivity contribution in [2.24, 2.45) is 0 Å². The third-order valence-electron chi connectivity index (χ3n) is 2.85. The van der Waals surface area contributed by atoms with Crippen molar-refractivity contribution in [1.82, 2.24) is 0 Å². The Bertz CT molecular complexity index is 352. The second kappa shape index (κ2) is 4.03. The van der Waals surface area contributed by atoms with E-state index in [1.807, 2.05) is 31.2 Å². The molecule has 0 fully saturated rings. The van der Waals surface area contributed by atoms with Gasteiger partial charge in [-0.05, 0) is 19.4 Å². The van der Waals surface area contributed by atoms with Crippen molar-refractivity contribution in [3.63, 3.8) is 0 Å². The molecule has 82 valence electrons. The lowest BCUT2D eigenvalue weighted by molar-refractivity contribution is -0.158. The fraction of sp³-hybridized carbons (Fsp3) is 0.417. The second-order valence-corrected chi connectivity index (χ2v) is 4.09. The lowest BCUT2D eigenvalue weighted by Gasteiger charge is -2.26. The second-order valence-electron chi connectivity index (χ2n) is 4.09. The molecule has 15 heavy (non-hydrogen) atoms. The summed E-state index contributed by atoms with van der Waals surface area (Å²) in [6.07, 6.45) is 0. The molecule has 0 saturated carbocycles. The molecule has 0 spiro atoms. The van der Waals surface area contributed by atoms with Crippen LogP contribution in [0, 0.1) is 6.92 Å². The highest BCUT2D eigenvalue weighted by molar-refractivity contribution is 5.78. The molecule has 0 aliphatic carbocycles. The summed E-state index contributed by atoms with van der Waals surface area (Å²) < 4.78 is 0. The quantitative estimate of drug-likeness (QED) is 0.798. The van der Waals surface area contributed by atoms with Gasteiger partial charge < -0.3 is 10.2 Å².